The lowest BCUT2D eigenvalue weighted by Gasteiger charge is -2.14. The van der Waals surface area contributed by atoms with Crippen molar-refractivity contribution in [2.45, 2.75) is 31.2 Å². The molecule has 2 aromatic heterocycles. The fourth-order valence-electron chi connectivity index (χ4n) is 2.89. The molecule has 0 aliphatic carbocycles. The summed E-state index contributed by atoms with van der Waals surface area (Å²) in [5.41, 5.74) is 1.51. The van der Waals surface area contributed by atoms with Crippen molar-refractivity contribution in [3.8, 4) is 11.5 Å². The lowest BCUT2D eigenvalue weighted by Crippen LogP contribution is -2.25. The lowest BCUT2D eigenvalue weighted by atomic mass is 10.2. The number of thioether (sulfide) groups is 1. The average molecular weight is 418 g/mol. The van der Waals surface area contributed by atoms with Gasteiger partial charge in [-0.05, 0) is 38.5 Å². The highest BCUT2D eigenvalue weighted by Gasteiger charge is 2.21. The van der Waals surface area contributed by atoms with Gasteiger partial charge in [0.2, 0.25) is 12.7 Å². The summed E-state index contributed by atoms with van der Waals surface area (Å²) in [6.07, 6.45) is 0. The Labute approximate surface area is 169 Å². The third-order valence-corrected chi connectivity index (χ3v) is 6.91. The van der Waals surface area contributed by atoms with Gasteiger partial charge in [0.15, 0.2) is 16.7 Å². The summed E-state index contributed by atoms with van der Waals surface area (Å²) in [5.74, 6) is 1.09. The maximum Gasteiger partial charge on any atom is 0.262 e. The number of hydrogen-bond donors (Lipinski definition) is 1. The number of anilines is 1. The van der Waals surface area contributed by atoms with E-state index in [1.807, 2.05) is 13.8 Å². The normalized spacial score (nSPS) is 13.7. The van der Waals surface area contributed by atoms with E-state index in [1.165, 1.54) is 27.7 Å². The Morgan fingerprint density at radius 3 is 2.86 bits per heavy atom. The number of benzene rings is 1. The van der Waals surface area contributed by atoms with E-state index in [9.17, 15) is 9.59 Å². The molecular formula is C19H19N3O4S2. The molecule has 4 rings (SSSR count). The second-order valence-corrected chi connectivity index (χ2v) is 9.05. The van der Waals surface area contributed by atoms with Gasteiger partial charge in [0.05, 0.1) is 10.6 Å². The van der Waals surface area contributed by atoms with Crippen LogP contribution in [0.25, 0.3) is 10.2 Å². The van der Waals surface area contributed by atoms with Gasteiger partial charge < -0.3 is 14.8 Å². The number of ether oxygens (including phenoxy) is 2. The van der Waals surface area contributed by atoms with Crippen molar-refractivity contribution in [3.05, 3.63) is 39.0 Å². The first-order chi connectivity index (χ1) is 13.3. The molecule has 1 aromatic carbocycles. The minimum Gasteiger partial charge on any atom is -0.454 e. The van der Waals surface area contributed by atoms with Gasteiger partial charge in [0.25, 0.3) is 5.56 Å². The summed E-state index contributed by atoms with van der Waals surface area (Å²) in [7, 11) is 1.69. The summed E-state index contributed by atoms with van der Waals surface area (Å²) < 4.78 is 12.1. The molecule has 1 amide bonds. The standard InChI is InChI=1S/C19H19N3O4S2/c1-9-10(2)27-17-15(9)18(24)22(4)19(21-17)28-11(3)16(23)20-12-5-6-13-14(7-12)26-8-25-13/h5-7,11H,8H2,1-4H3,(H,20,23). The molecule has 0 fully saturated rings. The van der Waals surface area contributed by atoms with Crippen LogP contribution in [0.1, 0.15) is 17.4 Å². The summed E-state index contributed by atoms with van der Waals surface area (Å²) in [4.78, 5) is 31.8. The topological polar surface area (TPSA) is 82.4 Å². The molecule has 9 heteroatoms. The Morgan fingerprint density at radius 2 is 2.07 bits per heavy atom. The molecule has 1 atom stereocenters. The second kappa shape index (κ2) is 7.14. The molecular weight excluding hydrogens is 398 g/mol. The fourth-order valence-corrected chi connectivity index (χ4v) is 4.84. The number of aromatic nitrogens is 2. The van der Waals surface area contributed by atoms with Crippen molar-refractivity contribution in [2.75, 3.05) is 12.1 Å². The van der Waals surface area contributed by atoms with Crippen molar-refractivity contribution in [1.82, 2.24) is 9.55 Å². The molecule has 3 aromatic rings. The number of thiophene rings is 1. The number of carbonyl (C=O) groups is 1. The Bertz CT molecular complexity index is 1150. The van der Waals surface area contributed by atoms with Crippen LogP contribution in [0.3, 0.4) is 0 Å². The third kappa shape index (κ3) is 3.24. The van der Waals surface area contributed by atoms with E-state index in [2.05, 4.69) is 10.3 Å². The summed E-state index contributed by atoms with van der Waals surface area (Å²) in [6, 6.07) is 5.26. The van der Waals surface area contributed by atoms with Crippen molar-refractivity contribution in [3.63, 3.8) is 0 Å². The Balaban J connectivity index is 1.54. The van der Waals surface area contributed by atoms with E-state index in [0.717, 1.165) is 10.4 Å². The molecule has 0 bridgehead atoms. The zero-order chi connectivity index (χ0) is 20.0. The van der Waals surface area contributed by atoms with Crippen molar-refractivity contribution in [1.29, 1.82) is 0 Å². The van der Waals surface area contributed by atoms with Crippen LogP contribution in [0.5, 0.6) is 11.5 Å². The zero-order valence-corrected chi connectivity index (χ0v) is 17.5. The molecule has 0 spiro atoms. The minimum atomic E-state index is -0.442. The van der Waals surface area contributed by atoms with E-state index < -0.39 is 5.25 Å². The van der Waals surface area contributed by atoms with E-state index in [0.29, 0.717) is 32.6 Å². The molecule has 0 radical (unpaired) electrons. The van der Waals surface area contributed by atoms with Crippen LogP contribution in [0.4, 0.5) is 5.69 Å². The van der Waals surface area contributed by atoms with Crippen molar-refractivity contribution >= 4 is 44.9 Å². The van der Waals surface area contributed by atoms with Crippen molar-refractivity contribution < 1.29 is 14.3 Å². The van der Waals surface area contributed by atoms with Crippen LogP contribution >= 0.6 is 23.1 Å². The summed E-state index contributed by atoms with van der Waals surface area (Å²) >= 11 is 2.76. The molecule has 1 aliphatic heterocycles. The van der Waals surface area contributed by atoms with Crippen LogP contribution in [0.15, 0.2) is 28.2 Å². The Hall–Kier alpha value is -2.52. The fraction of sp³-hybridized carbons (Fsp3) is 0.316. The van der Waals surface area contributed by atoms with Gasteiger partial charge in [-0.1, -0.05) is 11.8 Å². The number of fused-ring (bicyclic) bond motifs is 2. The van der Waals surface area contributed by atoms with E-state index in [-0.39, 0.29) is 18.3 Å². The Morgan fingerprint density at radius 1 is 1.32 bits per heavy atom. The van der Waals surface area contributed by atoms with Crippen LogP contribution in [-0.4, -0.2) is 27.5 Å². The lowest BCUT2D eigenvalue weighted by molar-refractivity contribution is -0.115. The number of aryl methyl sites for hydroxylation is 2. The largest absolute Gasteiger partial charge is 0.454 e. The van der Waals surface area contributed by atoms with Crippen LogP contribution in [0.2, 0.25) is 0 Å². The highest BCUT2D eigenvalue weighted by atomic mass is 32.2. The number of carbonyl (C=O) groups excluding carboxylic acids is 1. The van der Waals surface area contributed by atoms with Gasteiger partial charge in [-0.3, -0.25) is 14.2 Å². The number of nitrogens with one attached hydrogen (secondary N) is 1. The zero-order valence-electron chi connectivity index (χ0n) is 15.9. The van der Waals surface area contributed by atoms with Gasteiger partial charge in [0.1, 0.15) is 4.83 Å². The Kier molecular flexibility index (Phi) is 4.80. The maximum absolute atomic E-state index is 12.7. The monoisotopic (exact) mass is 417 g/mol. The minimum absolute atomic E-state index is 0.0854. The molecule has 0 saturated carbocycles. The van der Waals surface area contributed by atoms with Crippen LogP contribution < -0.4 is 20.3 Å². The van der Waals surface area contributed by atoms with Crippen LogP contribution in [0, 0.1) is 13.8 Å². The molecule has 0 saturated heterocycles. The molecule has 7 nitrogen and oxygen atoms in total. The second-order valence-electron chi connectivity index (χ2n) is 6.54. The molecule has 1 N–H and O–H groups in total. The quantitative estimate of drug-likeness (QED) is 0.517. The van der Waals surface area contributed by atoms with Gasteiger partial charge in [0, 0.05) is 23.7 Å². The van der Waals surface area contributed by atoms with E-state index >= 15 is 0 Å². The highest BCUT2D eigenvalue weighted by Crippen LogP contribution is 2.34. The maximum atomic E-state index is 12.7. The highest BCUT2D eigenvalue weighted by molar-refractivity contribution is 8.00. The average Bonchev–Trinajstić information content (AvgIpc) is 3.23. The van der Waals surface area contributed by atoms with E-state index in [1.54, 1.807) is 32.2 Å². The molecule has 3 heterocycles. The molecule has 1 aliphatic rings. The van der Waals surface area contributed by atoms with Gasteiger partial charge in [-0.2, -0.15) is 0 Å². The summed E-state index contributed by atoms with van der Waals surface area (Å²) in [6.45, 7) is 5.89. The summed E-state index contributed by atoms with van der Waals surface area (Å²) in [5, 5.41) is 3.61. The number of nitrogens with zero attached hydrogens (tertiary/aromatic N) is 2. The SMILES string of the molecule is Cc1sc2nc(SC(C)C(=O)Nc3ccc4c(c3)OCO4)n(C)c(=O)c2c1C. The number of hydrogen-bond acceptors (Lipinski definition) is 7. The third-order valence-electron chi connectivity index (χ3n) is 4.66. The smallest absolute Gasteiger partial charge is 0.262 e. The predicted octanol–water partition coefficient (Wildman–Crippen LogP) is 3.46. The molecule has 28 heavy (non-hydrogen) atoms. The first-order valence-corrected chi connectivity index (χ1v) is 10.4. The van der Waals surface area contributed by atoms with E-state index in [4.69, 9.17) is 9.47 Å². The van der Waals surface area contributed by atoms with Gasteiger partial charge in [-0.25, -0.2) is 4.98 Å². The first-order valence-electron chi connectivity index (χ1n) is 8.69. The first kappa shape index (κ1) is 18.8. The molecule has 146 valence electrons. The number of amides is 1. The van der Waals surface area contributed by atoms with Crippen LogP contribution in [-0.2, 0) is 11.8 Å². The van der Waals surface area contributed by atoms with Gasteiger partial charge >= 0.3 is 0 Å². The molecule has 1 unspecified atom stereocenters. The predicted molar refractivity (Wildman–Crippen MR) is 111 cm³/mol. The van der Waals surface area contributed by atoms with Gasteiger partial charge in [-0.15, -0.1) is 11.3 Å². The van der Waals surface area contributed by atoms with Crippen molar-refractivity contribution in [2.24, 2.45) is 7.05 Å². The number of rotatable bonds is 4.